The van der Waals surface area contributed by atoms with Crippen molar-refractivity contribution in [1.82, 2.24) is 5.32 Å². The van der Waals surface area contributed by atoms with E-state index >= 15 is 0 Å². The standard InChI is InChI=1S/C15H18N2/c1-9-14-7-10-8-16-6-2-3-12-11(10)4-5-13(17-14)15(9)12/h2-3,8-10,14,17H,4-7H2,1H3. The van der Waals surface area contributed by atoms with E-state index in [2.05, 4.69) is 35.6 Å². The van der Waals surface area contributed by atoms with Gasteiger partial charge in [0.05, 0.1) is 6.54 Å². The summed E-state index contributed by atoms with van der Waals surface area (Å²) in [4.78, 5) is 4.53. The Hall–Kier alpha value is -1.31. The minimum Gasteiger partial charge on any atom is -0.385 e. The van der Waals surface area contributed by atoms with Crippen LogP contribution in [0.25, 0.3) is 0 Å². The zero-order valence-corrected chi connectivity index (χ0v) is 10.2. The van der Waals surface area contributed by atoms with Gasteiger partial charge in [0.25, 0.3) is 0 Å². The number of aliphatic imine (C=N–C) groups is 1. The monoisotopic (exact) mass is 226 g/mol. The topological polar surface area (TPSA) is 24.4 Å². The summed E-state index contributed by atoms with van der Waals surface area (Å²) in [5, 5.41) is 3.76. The third-order valence-corrected chi connectivity index (χ3v) is 4.76. The first-order chi connectivity index (χ1) is 8.34. The number of allylic oxidation sites excluding steroid dienone is 4. The van der Waals surface area contributed by atoms with Crippen LogP contribution in [0.5, 0.6) is 0 Å². The van der Waals surface area contributed by atoms with Gasteiger partial charge in [-0.05, 0) is 30.4 Å². The van der Waals surface area contributed by atoms with Gasteiger partial charge < -0.3 is 5.32 Å². The Morgan fingerprint density at radius 1 is 1.35 bits per heavy atom. The smallest absolute Gasteiger partial charge is 0.0569 e. The predicted octanol–water partition coefficient (Wildman–Crippen LogP) is 2.60. The van der Waals surface area contributed by atoms with Crippen LogP contribution in [0.15, 0.2) is 39.6 Å². The maximum atomic E-state index is 4.53. The van der Waals surface area contributed by atoms with E-state index < -0.39 is 0 Å². The number of hydrogen-bond donors (Lipinski definition) is 1. The second-order valence-electron chi connectivity index (χ2n) is 5.63. The van der Waals surface area contributed by atoms with Crippen molar-refractivity contribution in [2.75, 3.05) is 6.54 Å². The van der Waals surface area contributed by atoms with E-state index in [-0.39, 0.29) is 0 Å². The van der Waals surface area contributed by atoms with Crippen LogP contribution in [-0.4, -0.2) is 18.8 Å². The van der Waals surface area contributed by atoms with Crippen LogP contribution < -0.4 is 5.32 Å². The lowest BCUT2D eigenvalue weighted by molar-refractivity contribution is 0.436. The van der Waals surface area contributed by atoms with Crippen molar-refractivity contribution >= 4 is 6.21 Å². The van der Waals surface area contributed by atoms with E-state index in [1.165, 1.54) is 25.0 Å². The molecule has 88 valence electrons. The molecule has 1 N–H and O–H groups in total. The highest BCUT2D eigenvalue weighted by Crippen LogP contribution is 2.47. The zero-order valence-electron chi connectivity index (χ0n) is 10.2. The average Bonchev–Trinajstić information content (AvgIpc) is 2.53. The second kappa shape index (κ2) is 3.34. The van der Waals surface area contributed by atoms with Crippen molar-refractivity contribution < 1.29 is 0 Å². The molecule has 4 rings (SSSR count). The molecule has 2 nitrogen and oxygen atoms in total. The first kappa shape index (κ1) is 9.69. The first-order valence-electron chi connectivity index (χ1n) is 6.74. The van der Waals surface area contributed by atoms with Gasteiger partial charge in [-0.2, -0.15) is 0 Å². The summed E-state index contributed by atoms with van der Waals surface area (Å²) in [6, 6.07) is 0.635. The SMILES string of the molecule is CC1C2=C3CCC4=C2C=CCN=CC4CC1N3. The Labute approximate surface area is 102 Å². The van der Waals surface area contributed by atoms with Crippen molar-refractivity contribution in [3.63, 3.8) is 0 Å². The van der Waals surface area contributed by atoms with Crippen molar-refractivity contribution in [3.05, 3.63) is 34.6 Å². The van der Waals surface area contributed by atoms with Gasteiger partial charge in [-0.3, -0.25) is 4.99 Å². The summed E-state index contributed by atoms with van der Waals surface area (Å²) in [7, 11) is 0. The van der Waals surface area contributed by atoms with Crippen molar-refractivity contribution in [1.29, 1.82) is 0 Å². The number of fused-ring (bicyclic) bond motifs is 1. The summed E-state index contributed by atoms with van der Waals surface area (Å²) < 4.78 is 0. The first-order valence-corrected chi connectivity index (χ1v) is 6.74. The van der Waals surface area contributed by atoms with Gasteiger partial charge in [0.1, 0.15) is 0 Å². The van der Waals surface area contributed by atoms with Gasteiger partial charge in [0, 0.05) is 29.8 Å². The molecule has 4 aliphatic rings. The van der Waals surface area contributed by atoms with Gasteiger partial charge in [-0.1, -0.05) is 24.6 Å². The van der Waals surface area contributed by atoms with E-state index in [1.54, 1.807) is 16.7 Å². The highest BCUT2D eigenvalue weighted by Gasteiger charge is 2.41. The largest absolute Gasteiger partial charge is 0.385 e. The summed E-state index contributed by atoms with van der Waals surface area (Å²) >= 11 is 0. The van der Waals surface area contributed by atoms with Crippen LogP contribution in [0, 0.1) is 11.8 Å². The number of hydrogen-bond acceptors (Lipinski definition) is 2. The molecule has 0 radical (unpaired) electrons. The third kappa shape index (κ3) is 1.24. The molecule has 0 amide bonds. The van der Waals surface area contributed by atoms with E-state index in [0.29, 0.717) is 17.9 Å². The molecule has 0 aromatic carbocycles. The van der Waals surface area contributed by atoms with Crippen LogP contribution in [0.4, 0.5) is 0 Å². The summed E-state index contributed by atoms with van der Waals surface area (Å²) in [6.07, 6.45) is 10.4. The predicted molar refractivity (Wildman–Crippen MR) is 70.0 cm³/mol. The zero-order chi connectivity index (χ0) is 11.4. The summed E-state index contributed by atoms with van der Waals surface area (Å²) in [6.45, 7) is 3.23. The minimum atomic E-state index is 0.578. The molecule has 0 saturated heterocycles. The fourth-order valence-corrected chi connectivity index (χ4v) is 3.92. The van der Waals surface area contributed by atoms with Gasteiger partial charge >= 0.3 is 0 Å². The second-order valence-corrected chi connectivity index (χ2v) is 5.63. The van der Waals surface area contributed by atoms with Gasteiger partial charge in [-0.15, -0.1) is 0 Å². The lowest BCUT2D eigenvalue weighted by atomic mass is 9.81. The number of rotatable bonds is 0. The Balaban J connectivity index is 1.97. The third-order valence-electron chi connectivity index (χ3n) is 4.76. The summed E-state index contributed by atoms with van der Waals surface area (Å²) in [5.74, 6) is 1.26. The van der Waals surface area contributed by atoms with Gasteiger partial charge in [-0.25, -0.2) is 0 Å². The van der Waals surface area contributed by atoms with E-state index in [1.807, 2.05) is 0 Å². The average molecular weight is 226 g/mol. The number of nitrogens with one attached hydrogen (secondary N) is 1. The Kier molecular flexibility index (Phi) is 1.91. The van der Waals surface area contributed by atoms with Gasteiger partial charge in [0.2, 0.25) is 0 Å². The molecule has 0 aromatic heterocycles. The number of nitrogens with zero attached hydrogens (tertiary/aromatic N) is 1. The Morgan fingerprint density at radius 2 is 2.29 bits per heavy atom. The molecule has 5 bridgehead atoms. The van der Waals surface area contributed by atoms with Crippen LogP contribution in [0.1, 0.15) is 26.2 Å². The Morgan fingerprint density at radius 3 is 3.24 bits per heavy atom. The molecular weight excluding hydrogens is 208 g/mol. The van der Waals surface area contributed by atoms with Crippen LogP contribution in [0.2, 0.25) is 0 Å². The fourth-order valence-electron chi connectivity index (χ4n) is 3.92. The van der Waals surface area contributed by atoms with E-state index in [4.69, 9.17) is 0 Å². The lowest BCUT2D eigenvalue weighted by Crippen LogP contribution is -2.32. The molecule has 3 atom stereocenters. The minimum absolute atomic E-state index is 0.578. The molecule has 2 aliphatic carbocycles. The molecule has 17 heavy (non-hydrogen) atoms. The van der Waals surface area contributed by atoms with Crippen molar-refractivity contribution in [2.45, 2.75) is 32.2 Å². The molecule has 3 unspecified atom stereocenters. The molecule has 2 heteroatoms. The normalized spacial score (nSPS) is 38.1. The molecule has 2 aliphatic heterocycles. The molecule has 0 saturated carbocycles. The van der Waals surface area contributed by atoms with Crippen molar-refractivity contribution in [2.24, 2.45) is 16.8 Å². The van der Waals surface area contributed by atoms with E-state index in [9.17, 15) is 0 Å². The summed E-state index contributed by atoms with van der Waals surface area (Å²) in [5.41, 5.74) is 6.34. The van der Waals surface area contributed by atoms with Crippen molar-refractivity contribution in [3.8, 4) is 0 Å². The molecule has 0 fully saturated rings. The quantitative estimate of drug-likeness (QED) is 0.674. The highest BCUT2D eigenvalue weighted by molar-refractivity contribution is 5.70. The Bertz CT molecular complexity index is 493. The lowest BCUT2D eigenvalue weighted by Gasteiger charge is -2.28. The molecule has 0 spiro atoms. The highest BCUT2D eigenvalue weighted by atomic mass is 15.0. The maximum absolute atomic E-state index is 4.53. The maximum Gasteiger partial charge on any atom is 0.0569 e. The molecular formula is C15H18N2. The molecule has 2 heterocycles. The van der Waals surface area contributed by atoms with Gasteiger partial charge in [0.15, 0.2) is 0 Å². The van der Waals surface area contributed by atoms with E-state index in [0.717, 1.165) is 6.54 Å². The van der Waals surface area contributed by atoms with Crippen LogP contribution in [0.3, 0.4) is 0 Å². The fraction of sp³-hybridized carbons (Fsp3) is 0.533. The van der Waals surface area contributed by atoms with Crippen LogP contribution in [-0.2, 0) is 0 Å². The van der Waals surface area contributed by atoms with Crippen LogP contribution >= 0.6 is 0 Å². The molecule has 0 aromatic rings.